The first-order valence-electron chi connectivity index (χ1n) is 7.09. The molecule has 0 aromatic heterocycles. The first-order chi connectivity index (χ1) is 11.0. The highest BCUT2D eigenvalue weighted by Crippen LogP contribution is 2.19. The highest BCUT2D eigenvalue weighted by Gasteiger charge is 2.14. The van der Waals surface area contributed by atoms with Crippen LogP contribution in [0.5, 0.6) is 5.75 Å². The molecule has 0 aliphatic heterocycles. The van der Waals surface area contributed by atoms with Crippen LogP contribution in [0.15, 0.2) is 48.5 Å². The largest absolute Gasteiger partial charge is 0.490 e. The van der Waals surface area contributed by atoms with Crippen molar-refractivity contribution in [1.82, 2.24) is 5.32 Å². The maximum absolute atomic E-state index is 12.9. The molecule has 0 spiro atoms. The van der Waals surface area contributed by atoms with Gasteiger partial charge in [-0.1, -0.05) is 12.1 Å². The van der Waals surface area contributed by atoms with E-state index in [1.165, 1.54) is 24.3 Å². The van der Waals surface area contributed by atoms with Crippen LogP contribution in [0.25, 0.3) is 0 Å². The summed E-state index contributed by atoms with van der Waals surface area (Å²) < 4.78 is 18.5. The van der Waals surface area contributed by atoms with Gasteiger partial charge in [-0.3, -0.25) is 10.1 Å². The van der Waals surface area contributed by atoms with Crippen molar-refractivity contribution in [3.05, 3.63) is 59.9 Å². The fraction of sp³-hybridized carbons (Fsp3) is 0.176. The second-order valence-electron chi connectivity index (χ2n) is 5.08. The Kier molecular flexibility index (Phi) is 5.65. The van der Waals surface area contributed by atoms with Gasteiger partial charge in [-0.25, -0.2) is 4.39 Å². The van der Waals surface area contributed by atoms with Crippen LogP contribution in [0.4, 0.5) is 10.1 Å². The third-order valence-corrected chi connectivity index (χ3v) is 3.03. The average molecular weight is 332 g/mol. The van der Waals surface area contributed by atoms with Crippen molar-refractivity contribution in [2.45, 2.75) is 20.0 Å². The lowest BCUT2D eigenvalue weighted by atomic mass is 10.2. The minimum atomic E-state index is -0.374. The van der Waals surface area contributed by atoms with Crippen LogP contribution in [0.2, 0.25) is 0 Å². The number of para-hydroxylation sites is 1. The molecule has 0 unspecified atom stereocenters. The number of ether oxygens (including phenoxy) is 1. The molecule has 120 valence electrons. The molecule has 2 N–H and O–H groups in total. The summed E-state index contributed by atoms with van der Waals surface area (Å²) >= 11 is 5.10. The SMILES string of the molecule is CC(C)Oc1ccccc1C(=O)NC(=S)Nc1ccc(F)cc1. The average Bonchev–Trinajstić information content (AvgIpc) is 2.49. The molecule has 0 aliphatic carbocycles. The lowest BCUT2D eigenvalue weighted by Gasteiger charge is -2.14. The van der Waals surface area contributed by atoms with Crippen molar-refractivity contribution in [2.75, 3.05) is 5.32 Å². The maximum Gasteiger partial charge on any atom is 0.261 e. The normalized spacial score (nSPS) is 10.3. The van der Waals surface area contributed by atoms with Gasteiger partial charge in [0.2, 0.25) is 0 Å². The van der Waals surface area contributed by atoms with E-state index >= 15 is 0 Å². The van der Waals surface area contributed by atoms with Gasteiger partial charge >= 0.3 is 0 Å². The fourth-order valence-electron chi connectivity index (χ4n) is 1.88. The van der Waals surface area contributed by atoms with Gasteiger partial charge in [-0.2, -0.15) is 0 Å². The van der Waals surface area contributed by atoms with Gasteiger partial charge in [0.25, 0.3) is 5.91 Å². The van der Waals surface area contributed by atoms with E-state index in [9.17, 15) is 9.18 Å². The summed E-state index contributed by atoms with van der Waals surface area (Å²) in [4.78, 5) is 12.3. The Labute approximate surface area is 139 Å². The summed E-state index contributed by atoms with van der Waals surface area (Å²) in [7, 11) is 0. The van der Waals surface area contributed by atoms with E-state index in [2.05, 4.69) is 10.6 Å². The van der Waals surface area contributed by atoms with Crippen molar-refractivity contribution >= 4 is 28.9 Å². The summed E-state index contributed by atoms with van der Waals surface area (Å²) in [5.41, 5.74) is 0.980. The number of benzene rings is 2. The maximum atomic E-state index is 12.9. The van der Waals surface area contributed by atoms with Crippen molar-refractivity contribution in [3.63, 3.8) is 0 Å². The van der Waals surface area contributed by atoms with Gasteiger partial charge in [0.05, 0.1) is 11.7 Å². The third kappa shape index (κ3) is 5.03. The van der Waals surface area contributed by atoms with Crippen LogP contribution in [-0.2, 0) is 0 Å². The highest BCUT2D eigenvalue weighted by molar-refractivity contribution is 7.80. The molecule has 2 aromatic carbocycles. The van der Waals surface area contributed by atoms with E-state index in [-0.39, 0.29) is 22.9 Å². The molecule has 0 fully saturated rings. The summed E-state index contributed by atoms with van der Waals surface area (Å²) in [6, 6.07) is 12.6. The number of nitrogens with one attached hydrogen (secondary N) is 2. The van der Waals surface area contributed by atoms with Gasteiger partial charge < -0.3 is 10.1 Å². The Bertz CT molecular complexity index is 702. The molecule has 0 saturated carbocycles. The summed E-state index contributed by atoms with van der Waals surface area (Å²) in [5.74, 6) is -0.226. The van der Waals surface area contributed by atoms with Crippen molar-refractivity contribution in [2.24, 2.45) is 0 Å². The zero-order chi connectivity index (χ0) is 16.8. The molecule has 1 amide bonds. The van der Waals surface area contributed by atoms with Gasteiger partial charge in [0.15, 0.2) is 5.11 Å². The Hall–Kier alpha value is -2.47. The van der Waals surface area contributed by atoms with E-state index in [0.29, 0.717) is 17.0 Å². The number of hydrogen-bond donors (Lipinski definition) is 2. The predicted molar refractivity (Wildman–Crippen MR) is 92.3 cm³/mol. The van der Waals surface area contributed by atoms with Crippen molar-refractivity contribution in [3.8, 4) is 5.75 Å². The highest BCUT2D eigenvalue weighted by atomic mass is 32.1. The third-order valence-electron chi connectivity index (χ3n) is 2.82. The number of carbonyl (C=O) groups is 1. The predicted octanol–water partition coefficient (Wildman–Crippen LogP) is 3.74. The minimum absolute atomic E-state index is 0.0479. The molecular formula is C17H17FN2O2S. The molecule has 0 heterocycles. The lowest BCUT2D eigenvalue weighted by Crippen LogP contribution is -2.34. The van der Waals surface area contributed by atoms with Crippen LogP contribution in [0, 0.1) is 5.82 Å². The number of hydrogen-bond acceptors (Lipinski definition) is 3. The molecule has 2 rings (SSSR count). The minimum Gasteiger partial charge on any atom is -0.490 e. The number of anilines is 1. The smallest absolute Gasteiger partial charge is 0.261 e. The molecule has 23 heavy (non-hydrogen) atoms. The van der Waals surface area contributed by atoms with E-state index < -0.39 is 0 Å². The zero-order valence-corrected chi connectivity index (χ0v) is 13.6. The number of thiocarbonyl (C=S) groups is 1. The second-order valence-corrected chi connectivity index (χ2v) is 5.49. The summed E-state index contributed by atoms with van der Waals surface area (Å²) in [5, 5.41) is 5.53. The number of halogens is 1. The second kappa shape index (κ2) is 7.69. The Morgan fingerprint density at radius 3 is 2.43 bits per heavy atom. The lowest BCUT2D eigenvalue weighted by molar-refractivity contribution is 0.0972. The molecular weight excluding hydrogens is 315 g/mol. The number of rotatable bonds is 4. The molecule has 0 saturated heterocycles. The van der Waals surface area contributed by atoms with Gasteiger partial charge in [-0.15, -0.1) is 0 Å². The van der Waals surface area contributed by atoms with Crippen molar-refractivity contribution in [1.29, 1.82) is 0 Å². The van der Waals surface area contributed by atoms with Crippen LogP contribution in [0.3, 0.4) is 0 Å². The van der Waals surface area contributed by atoms with E-state index in [1.807, 2.05) is 13.8 Å². The quantitative estimate of drug-likeness (QED) is 0.838. The van der Waals surface area contributed by atoms with Crippen molar-refractivity contribution < 1.29 is 13.9 Å². The molecule has 2 aromatic rings. The monoisotopic (exact) mass is 332 g/mol. The van der Waals surface area contributed by atoms with Gasteiger partial charge in [0.1, 0.15) is 11.6 Å². The summed E-state index contributed by atoms with van der Waals surface area (Å²) in [6.45, 7) is 3.77. The van der Waals surface area contributed by atoms with Gasteiger partial charge in [0, 0.05) is 5.69 Å². The van der Waals surface area contributed by atoms with Crippen LogP contribution >= 0.6 is 12.2 Å². The molecule has 4 nitrogen and oxygen atoms in total. The Morgan fingerprint density at radius 2 is 1.78 bits per heavy atom. The number of amides is 1. The van der Waals surface area contributed by atoms with E-state index in [4.69, 9.17) is 17.0 Å². The van der Waals surface area contributed by atoms with Gasteiger partial charge in [-0.05, 0) is 62.5 Å². The molecule has 6 heteroatoms. The van der Waals surface area contributed by atoms with Crippen LogP contribution in [0.1, 0.15) is 24.2 Å². The standard InChI is InChI=1S/C17H17FN2O2S/c1-11(2)22-15-6-4-3-5-14(15)16(21)20-17(23)19-13-9-7-12(18)8-10-13/h3-11H,1-2H3,(H2,19,20,21,23). The van der Waals surface area contributed by atoms with Crippen LogP contribution < -0.4 is 15.4 Å². The first-order valence-corrected chi connectivity index (χ1v) is 7.50. The molecule has 0 atom stereocenters. The van der Waals surface area contributed by atoms with Crippen LogP contribution in [-0.4, -0.2) is 17.1 Å². The van der Waals surface area contributed by atoms with E-state index in [0.717, 1.165) is 0 Å². The summed E-state index contributed by atoms with van der Waals surface area (Å²) in [6.07, 6.45) is -0.0479. The fourth-order valence-corrected chi connectivity index (χ4v) is 2.09. The Balaban J connectivity index is 2.04. The number of carbonyl (C=O) groups excluding carboxylic acids is 1. The zero-order valence-electron chi connectivity index (χ0n) is 12.8. The molecule has 0 bridgehead atoms. The molecule has 0 radical (unpaired) electrons. The molecule has 0 aliphatic rings. The first kappa shape index (κ1) is 16.9. The topological polar surface area (TPSA) is 50.4 Å². The Morgan fingerprint density at radius 1 is 1.13 bits per heavy atom. The van der Waals surface area contributed by atoms with E-state index in [1.54, 1.807) is 24.3 Å².